The van der Waals surface area contributed by atoms with Gasteiger partial charge in [0, 0.05) is 16.0 Å². The third-order valence-corrected chi connectivity index (χ3v) is 5.04. The largest absolute Gasteiger partial charge is 0.494 e. The quantitative estimate of drug-likeness (QED) is 0.745. The summed E-state index contributed by atoms with van der Waals surface area (Å²) >= 11 is 12.2. The second-order valence-corrected chi connectivity index (χ2v) is 7.40. The highest BCUT2D eigenvalue weighted by molar-refractivity contribution is 7.89. The number of hydrogen-bond acceptors (Lipinski definition) is 4. The molecular formula is C16H12Cl2N2O3S. The van der Waals surface area contributed by atoms with Gasteiger partial charge in [0.25, 0.3) is 0 Å². The van der Waals surface area contributed by atoms with E-state index < -0.39 is 10.0 Å². The van der Waals surface area contributed by atoms with E-state index in [0.717, 1.165) is 0 Å². The summed E-state index contributed by atoms with van der Waals surface area (Å²) in [5.41, 5.74) is 1.55. The first-order valence-electron chi connectivity index (χ1n) is 6.77. The Hall–Kier alpha value is -1.86. The number of fused-ring (bicyclic) bond motifs is 1. The minimum Gasteiger partial charge on any atom is -0.494 e. The number of methoxy groups -OCH3 is 1. The van der Waals surface area contributed by atoms with Crippen LogP contribution in [0, 0.1) is 0 Å². The van der Waals surface area contributed by atoms with Gasteiger partial charge in [-0.25, -0.2) is 18.5 Å². The van der Waals surface area contributed by atoms with Gasteiger partial charge in [-0.2, -0.15) is 0 Å². The Morgan fingerprint density at radius 2 is 1.83 bits per heavy atom. The van der Waals surface area contributed by atoms with E-state index in [1.165, 1.54) is 19.2 Å². The van der Waals surface area contributed by atoms with Crippen LogP contribution in [0.1, 0.15) is 0 Å². The maximum atomic E-state index is 11.8. The molecule has 0 atom stereocenters. The molecule has 0 fully saturated rings. The van der Waals surface area contributed by atoms with Crippen molar-refractivity contribution in [3.63, 3.8) is 0 Å². The summed E-state index contributed by atoms with van der Waals surface area (Å²) in [7, 11) is -2.41. The molecule has 0 unspecified atom stereocenters. The summed E-state index contributed by atoms with van der Waals surface area (Å²) in [4.78, 5) is 4.49. The predicted molar refractivity (Wildman–Crippen MR) is 95.1 cm³/mol. The lowest BCUT2D eigenvalue weighted by atomic mass is 10.1. The zero-order valence-electron chi connectivity index (χ0n) is 12.5. The average Bonchev–Trinajstić information content (AvgIpc) is 2.54. The molecule has 5 nitrogen and oxygen atoms in total. The van der Waals surface area contributed by atoms with Crippen molar-refractivity contribution >= 4 is 44.1 Å². The monoisotopic (exact) mass is 382 g/mol. The Morgan fingerprint density at radius 3 is 2.50 bits per heavy atom. The fourth-order valence-corrected chi connectivity index (χ4v) is 3.54. The van der Waals surface area contributed by atoms with Crippen LogP contribution >= 0.6 is 23.2 Å². The number of nitrogens with two attached hydrogens (primary N) is 1. The number of hydrogen-bond donors (Lipinski definition) is 1. The van der Waals surface area contributed by atoms with Gasteiger partial charge in [-0.3, -0.25) is 0 Å². The second-order valence-electron chi connectivity index (χ2n) is 5.03. The average molecular weight is 383 g/mol. The number of rotatable bonds is 3. The summed E-state index contributed by atoms with van der Waals surface area (Å²) < 4.78 is 28.8. The molecule has 24 heavy (non-hydrogen) atoms. The normalized spacial score (nSPS) is 11.7. The molecule has 2 N–H and O–H groups in total. The summed E-state index contributed by atoms with van der Waals surface area (Å²) in [6, 6.07) is 11.2. The molecule has 0 bridgehead atoms. The van der Waals surface area contributed by atoms with Gasteiger partial charge in [0.15, 0.2) is 0 Å². The fraction of sp³-hybridized carbons (Fsp3) is 0.0625. The van der Waals surface area contributed by atoms with Crippen LogP contribution in [0.3, 0.4) is 0 Å². The molecule has 2 aromatic carbocycles. The Balaban J connectivity index is 2.34. The van der Waals surface area contributed by atoms with Crippen molar-refractivity contribution in [1.82, 2.24) is 4.98 Å². The number of nitrogens with zero attached hydrogens (tertiary/aromatic N) is 1. The van der Waals surface area contributed by atoms with Crippen LogP contribution in [-0.2, 0) is 10.0 Å². The lowest BCUT2D eigenvalue weighted by Crippen LogP contribution is -2.13. The molecule has 3 rings (SSSR count). The van der Waals surface area contributed by atoms with Crippen molar-refractivity contribution in [2.45, 2.75) is 4.90 Å². The third kappa shape index (κ3) is 3.06. The van der Waals surface area contributed by atoms with Gasteiger partial charge in [0.05, 0.1) is 22.7 Å². The number of sulfonamides is 1. The molecule has 0 radical (unpaired) electrons. The lowest BCUT2D eigenvalue weighted by molar-refractivity contribution is 0.418. The topological polar surface area (TPSA) is 82.3 Å². The van der Waals surface area contributed by atoms with Crippen molar-refractivity contribution < 1.29 is 13.2 Å². The van der Waals surface area contributed by atoms with Crippen LogP contribution in [0.2, 0.25) is 10.0 Å². The SMILES string of the molecule is COc1ccc(S(N)(=O)=O)c2ccc(-c3cc(Cl)ccc3Cl)nc12. The molecule has 0 aliphatic heterocycles. The van der Waals surface area contributed by atoms with E-state index >= 15 is 0 Å². The fourth-order valence-electron chi connectivity index (χ4n) is 2.42. The van der Waals surface area contributed by atoms with Crippen LogP contribution in [0.25, 0.3) is 22.2 Å². The van der Waals surface area contributed by atoms with Crippen LogP contribution in [0.5, 0.6) is 5.75 Å². The molecule has 3 aromatic rings. The summed E-state index contributed by atoms with van der Waals surface area (Å²) in [5.74, 6) is 0.428. The van der Waals surface area contributed by atoms with E-state index in [4.69, 9.17) is 33.1 Å². The number of aromatic nitrogens is 1. The molecule has 8 heteroatoms. The molecule has 1 aromatic heterocycles. The maximum Gasteiger partial charge on any atom is 0.238 e. The second kappa shape index (κ2) is 6.22. The Morgan fingerprint density at radius 1 is 1.08 bits per heavy atom. The van der Waals surface area contributed by atoms with Crippen molar-refractivity contribution in [3.8, 4) is 17.0 Å². The van der Waals surface area contributed by atoms with Gasteiger partial charge in [0.2, 0.25) is 10.0 Å². The first kappa shape index (κ1) is 17.0. The van der Waals surface area contributed by atoms with E-state index in [1.54, 1.807) is 30.3 Å². The van der Waals surface area contributed by atoms with Crippen LogP contribution in [-0.4, -0.2) is 20.5 Å². The zero-order chi connectivity index (χ0) is 17.5. The molecule has 0 aliphatic rings. The van der Waals surface area contributed by atoms with Gasteiger partial charge in [-0.05, 0) is 42.5 Å². The summed E-state index contributed by atoms with van der Waals surface area (Å²) in [6.45, 7) is 0. The Kier molecular flexibility index (Phi) is 4.40. The zero-order valence-corrected chi connectivity index (χ0v) is 14.8. The van der Waals surface area contributed by atoms with Gasteiger partial charge >= 0.3 is 0 Å². The van der Waals surface area contributed by atoms with Gasteiger partial charge < -0.3 is 4.74 Å². The van der Waals surface area contributed by atoms with E-state index in [-0.39, 0.29) is 4.90 Å². The van der Waals surface area contributed by atoms with Crippen molar-refractivity contribution in [2.24, 2.45) is 5.14 Å². The van der Waals surface area contributed by atoms with Gasteiger partial charge in [0.1, 0.15) is 11.3 Å². The first-order valence-corrected chi connectivity index (χ1v) is 9.07. The van der Waals surface area contributed by atoms with Crippen molar-refractivity contribution in [1.29, 1.82) is 0 Å². The van der Waals surface area contributed by atoms with E-state index in [2.05, 4.69) is 4.98 Å². The van der Waals surface area contributed by atoms with E-state index in [9.17, 15) is 8.42 Å². The highest BCUT2D eigenvalue weighted by Gasteiger charge is 2.17. The molecular weight excluding hydrogens is 371 g/mol. The van der Waals surface area contributed by atoms with Crippen molar-refractivity contribution in [2.75, 3.05) is 7.11 Å². The number of halogens is 2. The molecule has 0 spiro atoms. The van der Waals surface area contributed by atoms with E-state index in [0.29, 0.717) is 38.0 Å². The number of primary sulfonamides is 1. The minimum absolute atomic E-state index is 0.0189. The lowest BCUT2D eigenvalue weighted by Gasteiger charge is -2.11. The maximum absolute atomic E-state index is 11.8. The Bertz CT molecular complexity index is 1050. The van der Waals surface area contributed by atoms with Crippen LogP contribution in [0.15, 0.2) is 47.4 Å². The highest BCUT2D eigenvalue weighted by atomic mass is 35.5. The van der Waals surface area contributed by atoms with E-state index in [1.807, 2.05) is 0 Å². The molecule has 0 saturated carbocycles. The Labute approximate surface area is 149 Å². The minimum atomic E-state index is -3.89. The molecule has 0 amide bonds. The highest BCUT2D eigenvalue weighted by Crippen LogP contribution is 2.34. The van der Waals surface area contributed by atoms with Crippen LogP contribution in [0.4, 0.5) is 0 Å². The summed E-state index contributed by atoms with van der Waals surface area (Å²) in [6.07, 6.45) is 0. The molecule has 0 saturated heterocycles. The molecule has 124 valence electrons. The smallest absolute Gasteiger partial charge is 0.238 e. The predicted octanol–water partition coefficient (Wildman–Crippen LogP) is 3.86. The van der Waals surface area contributed by atoms with Crippen LogP contribution < -0.4 is 9.88 Å². The third-order valence-electron chi connectivity index (χ3n) is 3.51. The molecule has 1 heterocycles. The number of ether oxygens (including phenoxy) is 1. The van der Waals surface area contributed by atoms with Gasteiger partial charge in [-0.1, -0.05) is 23.2 Å². The number of benzene rings is 2. The number of pyridine rings is 1. The standard InChI is InChI=1S/C16H12Cl2N2O3S/c1-23-14-6-7-15(24(19,21)22)10-3-5-13(20-16(10)14)11-8-9(17)2-4-12(11)18/h2-8H,1H3,(H2,19,21,22). The summed E-state index contributed by atoms with van der Waals surface area (Å²) in [5, 5.41) is 6.64. The first-order chi connectivity index (χ1) is 11.3. The van der Waals surface area contributed by atoms with Crippen molar-refractivity contribution in [3.05, 3.63) is 52.5 Å². The van der Waals surface area contributed by atoms with Gasteiger partial charge in [-0.15, -0.1) is 0 Å². The molecule has 0 aliphatic carbocycles.